The lowest BCUT2D eigenvalue weighted by molar-refractivity contribution is -0.137. The highest BCUT2D eigenvalue weighted by Crippen LogP contribution is 2.45. The molecule has 1 aliphatic rings. The number of alkyl halides is 3. The quantitative estimate of drug-likeness (QED) is 0.479. The molecule has 2 N–H and O–H groups in total. The number of pyridine rings is 2. The largest absolute Gasteiger partial charge is 0.417 e. The monoisotopic (exact) mass is 482 g/mol. The summed E-state index contributed by atoms with van der Waals surface area (Å²) in [7, 11) is 0. The van der Waals surface area contributed by atoms with Crippen LogP contribution in [0.2, 0.25) is 0 Å². The molecular formula is C27H41F3N2O2. The minimum atomic E-state index is -4.49. The third-order valence-corrected chi connectivity index (χ3v) is 5.79. The van der Waals surface area contributed by atoms with E-state index >= 15 is 0 Å². The van der Waals surface area contributed by atoms with Crippen LogP contribution in [0.4, 0.5) is 13.2 Å². The van der Waals surface area contributed by atoms with Crippen LogP contribution < -0.4 is 0 Å². The number of fused-ring (bicyclic) bond motifs is 1. The van der Waals surface area contributed by atoms with Crippen LogP contribution in [-0.2, 0) is 19.0 Å². The number of hydrogen-bond acceptors (Lipinski definition) is 4. The predicted octanol–water partition coefficient (Wildman–Crippen LogP) is 7.32. The minimum Gasteiger partial charge on any atom is -0.388 e. The fourth-order valence-electron chi connectivity index (χ4n) is 4.43. The lowest BCUT2D eigenvalue weighted by Gasteiger charge is -2.37. The Hall–Kier alpha value is -1.99. The zero-order chi connectivity index (χ0) is 26.4. The lowest BCUT2D eigenvalue weighted by atomic mass is 9.72. The van der Waals surface area contributed by atoms with Crippen molar-refractivity contribution in [1.29, 1.82) is 0 Å². The van der Waals surface area contributed by atoms with E-state index < -0.39 is 23.9 Å². The van der Waals surface area contributed by atoms with E-state index in [1.54, 1.807) is 0 Å². The molecule has 0 radical (unpaired) electrons. The highest BCUT2D eigenvalue weighted by Gasteiger charge is 2.37. The van der Waals surface area contributed by atoms with Gasteiger partial charge in [-0.15, -0.1) is 0 Å². The van der Waals surface area contributed by atoms with Gasteiger partial charge in [-0.25, -0.2) is 0 Å². The average molecular weight is 483 g/mol. The Morgan fingerprint density at radius 1 is 1.12 bits per heavy atom. The summed E-state index contributed by atoms with van der Waals surface area (Å²) in [6, 6.07) is 2.13. The van der Waals surface area contributed by atoms with Gasteiger partial charge in [0.1, 0.15) is 6.10 Å². The number of hydrogen-bond donors (Lipinski definition) is 2. The number of nitrogens with zero attached hydrogens (tertiary/aromatic N) is 2. The SMILES string of the molecule is CC.CC.CCc1c2c(nc(C(C)C)c1C(O)c1ccc(C(F)(F)F)cn1)CC(C)(C)CC2O. The summed E-state index contributed by atoms with van der Waals surface area (Å²) in [5.74, 6) is -0.0121. The Kier molecular flexibility index (Phi) is 10.7. The van der Waals surface area contributed by atoms with Crippen molar-refractivity contribution in [2.24, 2.45) is 5.41 Å². The Morgan fingerprint density at radius 2 is 1.71 bits per heavy atom. The molecule has 0 fully saturated rings. The van der Waals surface area contributed by atoms with Gasteiger partial charge in [0.25, 0.3) is 0 Å². The molecule has 2 aromatic heterocycles. The van der Waals surface area contributed by atoms with E-state index in [1.807, 2.05) is 48.5 Å². The van der Waals surface area contributed by atoms with Crippen LogP contribution in [0, 0.1) is 5.41 Å². The van der Waals surface area contributed by atoms with Gasteiger partial charge in [0, 0.05) is 28.7 Å². The van der Waals surface area contributed by atoms with Crippen LogP contribution >= 0.6 is 0 Å². The van der Waals surface area contributed by atoms with Gasteiger partial charge in [-0.05, 0) is 48.3 Å². The summed E-state index contributed by atoms with van der Waals surface area (Å²) in [4.78, 5) is 8.73. The summed E-state index contributed by atoms with van der Waals surface area (Å²) < 4.78 is 38.7. The minimum absolute atomic E-state index is 0.0121. The number of aromatic nitrogens is 2. The van der Waals surface area contributed by atoms with E-state index in [0.717, 1.165) is 35.5 Å². The van der Waals surface area contributed by atoms with Crippen molar-refractivity contribution >= 4 is 0 Å². The molecule has 192 valence electrons. The fraction of sp³-hybridized carbons (Fsp3) is 0.630. The number of aliphatic hydroxyl groups excluding tert-OH is 2. The number of aliphatic hydroxyl groups is 2. The third kappa shape index (κ3) is 6.57. The number of halogens is 3. The molecule has 0 aliphatic heterocycles. The summed E-state index contributed by atoms with van der Waals surface area (Å²) in [5.41, 5.74) is 2.85. The summed E-state index contributed by atoms with van der Waals surface area (Å²) in [5, 5.41) is 22.0. The second-order valence-electron chi connectivity index (χ2n) is 9.19. The molecule has 0 saturated heterocycles. The molecule has 2 heterocycles. The van der Waals surface area contributed by atoms with Crippen molar-refractivity contribution in [3.05, 3.63) is 57.7 Å². The zero-order valence-corrected chi connectivity index (χ0v) is 22.0. The Balaban J connectivity index is 0.00000137. The maximum absolute atomic E-state index is 12.9. The van der Waals surface area contributed by atoms with Crippen LogP contribution in [0.25, 0.3) is 0 Å². The molecule has 2 atom stereocenters. The summed E-state index contributed by atoms with van der Waals surface area (Å²) in [6.07, 6.45) is -3.79. The molecule has 3 rings (SSSR count). The third-order valence-electron chi connectivity index (χ3n) is 5.79. The van der Waals surface area contributed by atoms with E-state index in [-0.39, 0.29) is 17.0 Å². The van der Waals surface area contributed by atoms with Gasteiger partial charge in [-0.2, -0.15) is 13.2 Å². The Bertz CT molecular complexity index is 923. The van der Waals surface area contributed by atoms with Crippen LogP contribution in [0.15, 0.2) is 18.3 Å². The maximum atomic E-state index is 12.9. The molecule has 34 heavy (non-hydrogen) atoms. The first-order chi connectivity index (χ1) is 15.9. The number of rotatable bonds is 4. The van der Waals surface area contributed by atoms with Crippen LogP contribution in [0.5, 0.6) is 0 Å². The standard InChI is InChI=1S/C23H29F3N2O2.2C2H6/c1-6-14-18-16(9-22(4,5)10-17(18)29)28-20(12(2)3)19(14)21(30)15-8-7-13(11-27-15)23(24,25)26;2*1-2/h7-8,11-12,17,21,29-30H,6,9-10H2,1-5H3;2*1-2H3. The second kappa shape index (κ2) is 12.1. The first-order valence-corrected chi connectivity index (χ1v) is 12.3. The molecular weight excluding hydrogens is 441 g/mol. The summed E-state index contributed by atoms with van der Waals surface area (Å²) in [6.45, 7) is 18.1. The van der Waals surface area contributed by atoms with E-state index in [1.165, 1.54) is 6.07 Å². The zero-order valence-electron chi connectivity index (χ0n) is 22.0. The van der Waals surface area contributed by atoms with Gasteiger partial charge in [-0.3, -0.25) is 9.97 Å². The van der Waals surface area contributed by atoms with Crippen molar-refractivity contribution in [3.8, 4) is 0 Å². The molecule has 0 saturated carbocycles. The van der Waals surface area contributed by atoms with Gasteiger partial charge < -0.3 is 10.2 Å². The first kappa shape index (κ1) is 30.0. The van der Waals surface area contributed by atoms with Crippen LogP contribution in [0.1, 0.15) is 126 Å². The van der Waals surface area contributed by atoms with E-state index in [9.17, 15) is 23.4 Å². The maximum Gasteiger partial charge on any atom is 0.417 e. The van der Waals surface area contributed by atoms with Crippen LogP contribution in [0.3, 0.4) is 0 Å². The van der Waals surface area contributed by atoms with E-state index in [4.69, 9.17) is 4.98 Å². The van der Waals surface area contributed by atoms with Gasteiger partial charge >= 0.3 is 6.18 Å². The molecule has 4 nitrogen and oxygen atoms in total. The van der Waals surface area contributed by atoms with Gasteiger partial charge in [-0.1, -0.05) is 62.3 Å². The Labute approximate surface area is 202 Å². The van der Waals surface area contributed by atoms with Gasteiger partial charge in [0.2, 0.25) is 0 Å². The van der Waals surface area contributed by atoms with Crippen LogP contribution in [-0.4, -0.2) is 20.2 Å². The first-order valence-electron chi connectivity index (χ1n) is 12.3. The van der Waals surface area contributed by atoms with Gasteiger partial charge in [0.15, 0.2) is 0 Å². The lowest BCUT2D eigenvalue weighted by Crippen LogP contribution is -2.29. The molecule has 0 aromatic carbocycles. The molecule has 2 aromatic rings. The average Bonchev–Trinajstić information content (AvgIpc) is 2.78. The van der Waals surface area contributed by atoms with Gasteiger partial charge in [0.05, 0.1) is 17.4 Å². The summed E-state index contributed by atoms with van der Waals surface area (Å²) >= 11 is 0. The van der Waals surface area contributed by atoms with Crippen molar-refractivity contribution in [1.82, 2.24) is 9.97 Å². The fourth-order valence-corrected chi connectivity index (χ4v) is 4.43. The Morgan fingerprint density at radius 3 is 2.15 bits per heavy atom. The predicted molar refractivity (Wildman–Crippen MR) is 131 cm³/mol. The molecule has 2 unspecified atom stereocenters. The molecule has 1 aliphatic carbocycles. The molecule has 0 amide bonds. The van der Waals surface area contributed by atoms with Crippen molar-refractivity contribution < 1.29 is 23.4 Å². The highest BCUT2D eigenvalue weighted by molar-refractivity contribution is 5.48. The van der Waals surface area contributed by atoms with Crippen molar-refractivity contribution in [2.45, 2.75) is 106 Å². The van der Waals surface area contributed by atoms with E-state index in [0.29, 0.717) is 24.1 Å². The molecule has 7 heteroatoms. The normalized spacial score (nSPS) is 17.7. The topological polar surface area (TPSA) is 66.2 Å². The second-order valence-corrected chi connectivity index (χ2v) is 9.19. The highest BCUT2D eigenvalue weighted by atomic mass is 19.4. The smallest absolute Gasteiger partial charge is 0.388 e. The van der Waals surface area contributed by atoms with Crippen molar-refractivity contribution in [2.75, 3.05) is 0 Å². The molecule has 0 bridgehead atoms. The van der Waals surface area contributed by atoms with E-state index in [2.05, 4.69) is 18.8 Å². The molecule has 0 spiro atoms. The van der Waals surface area contributed by atoms with Crippen molar-refractivity contribution in [3.63, 3.8) is 0 Å².